The van der Waals surface area contributed by atoms with Gasteiger partial charge in [-0.1, -0.05) is 0 Å². The van der Waals surface area contributed by atoms with Crippen LogP contribution in [0.5, 0.6) is 0 Å². The summed E-state index contributed by atoms with van der Waals surface area (Å²) in [6, 6.07) is 0. The SMILES string of the molecule is NSOCC1CCC(n2cnc3c(N)ncnc32)O1. The molecule has 1 aliphatic heterocycles. The summed E-state index contributed by atoms with van der Waals surface area (Å²) in [7, 11) is 0. The lowest BCUT2D eigenvalue weighted by Gasteiger charge is -2.14. The molecule has 102 valence electrons. The van der Waals surface area contributed by atoms with Crippen LogP contribution in [0, 0.1) is 0 Å². The molecule has 4 N–H and O–H groups in total. The Hall–Kier alpha value is -1.42. The van der Waals surface area contributed by atoms with Crippen LogP contribution in [0.1, 0.15) is 19.1 Å². The minimum atomic E-state index is -0.101. The highest BCUT2D eigenvalue weighted by Gasteiger charge is 2.28. The quantitative estimate of drug-likeness (QED) is 0.619. The van der Waals surface area contributed by atoms with Crippen molar-refractivity contribution in [3.63, 3.8) is 0 Å². The van der Waals surface area contributed by atoms with Gasteiger partial charge in [-0.15, -0.1) is 0 Å². The van der Waals surface area contributed by atoms with Gasteiger partial charge in [-0.2, -0.15) is 0 Å². The van der Waals surface area contributed by atoms with Crippen LogP contribution in [0.25, 0.3) is 11.2 Å². The van der Waals surface area contributed by atoms with Gasteiger partial charge in [-0.05, 0) is 12.8 Å². The van der Waals surface area contributed by atoms with Gasteiger partial charge >= 0.3 is 0 Å². The molecule has 9 heteroatoms. The summed E-state index contributed by atoms with van der Waals surface area (Å²) in [6.07, 6.45) is 4.83. The van der Waals surface area contributed by atoms with Crippen molar-refractivity contribution in [2.75, 3.05) is 12.3 Å². The average molecular weight is 282 g/mol. The maximum absolute atomic E-state index is 5.88. The maximum atomic E-state index is 5.88. The highest BCUT2D eigenvalue weighted by atomic mass is 32.2. The van der Waals surface area contributed by atoms with Crippen molar-refractivity contribution in [1.82, 2.24) is 19.5 Å². The standard InChI is InChI=1S/C10H14N6O2S/c11-9-8-10(14-4-13-9)16(5-15-8)7-2-1-6(18-7)3-17-19-12/h4-7H,1-3,12H2,(H2,11,13,14). The van der Waals surface area contributed by atoms with E-state index in [2.05, 4.69) is 15.0 Å². The molecule has 0 bridgehead atoms. The van der Waals surface area contributed by atoms with Crippen LogP contribution in [0.3, 0.4) is 0 Å². The van der Waals surface area contributed by atoms with E-state index in [1.165, 1.54) is 6.33 Å². The number of ether oxygens (including phenoxy) is 1. The van der Waals surface area contributed by atoms with Gasteiger partial charge in [0.15, 0.2) is 11.5 Å². The zero-order valence-electron chi connectivity index (χ0n) is 10.1. The van der Waals surface area contributed by atoms with E-state index in [9.17, 15) is 0 Å². The fourth-order valence-electron chi connectivity index (χ4n) is 2.21. The van der Waals surface area contributed by atoms with Crippen LogP contribution < -0.4 is 10.9 Å². The third-order valence-corrected chi connectivity index (χ3v) is 3.38. The topological polar surface area (TPSA) is 114 Å². The maximum Gasteiger partial charge on any atom is 0.167 e. The van der Waals surface area contributed by atoms with Crippen molar-refractivity contribution in [2.24, 2.45) is 5.14 Å². The van der Waals surface area contributed by atoms with E-state index >= 15 is 0 Å². The summed E-state index contributed by atoms with van der Waals surface area (Å²) in [6.45, 7) is 0.474. The van der Waals surface area contributed by atoms with Gasteiger partial charge in [-0.3, -0.25) is 13.9 Å². The summed E-state index contributed by atoms with van der Waals surface area (Å²) in [5.41, 5.74) is 7.04. The first-order valence-corrected chi connectivity index (χ1v) is 6.67. The Morgan fingerprint density at radius 1 is 1.42 bits per heavy atom. The number of nitrogen functional groups attached to an aromatic ring is 1. The molecule has 1 aliphatic rings. The van der Waals surface area contributed by atoms with Gasteiger partial charge in [-0.25, -0.2) is 15.0 Å². The van der Waals surface area contributed by atoms with Crippen LogP contribution in [0.15, 0.2) is 12.7 Å². The molecular weight excluding hydrogens is 268 g/mol. The van der Waals surface area contributed by atoms with Crippen molar-refractivity contribution in [2.45, 2.75) is 25.2 Å². The molecule has 0 radical (unpaired) electrons. The van der Waals surface area contributed by atoms with Crippen LogP contribution in [-0.2, 0) is 8.92 Å². The molecule has 1 fully saturated rings. The lowest BCUT2D eigenvalue weighted by atomic mass is 10.2. The summed E-state index contributed by atoms with van der Waals surface area (Å²) in [5.74, 6) is 0.376. The Labute approximate surface area is 113 Å². The number of nitrogens with two attached hydrogens (primary N) is 2. The second kappa shape index (κ2) is 5.29. The van der Waals surface area contributed by atoms with Crippen molar-refractivity contribution >= 4 is 29.2 Å². The fourth-order valence-corrected chi connectivity index (χ4v) is 2.44. The minimum absolute atomic E-state index is 0.0395. The molecule has 2 aromatic heterocycles. The van der Waals surface area contributed by atoms with Crippen LogP contribution in [0.4, 0.5) is 5.82 Å². The minimum Gasteiger partial charge on any atom is -0.382 e. The zero-order chi connectivity index (χ0) is 13.2. The molecule has 19 heavy (non-hydrogen) atoms. The Balaban J connectivity index is 1.80. The lowest BCUT2D eigenvalue weighted by Crippen LogP contribution is -2.15. The predicted molar refractivity (Wildman–Crippen MR) is 70.6 cm³/mol. The number of hydrogen-bond acceptors (Lipinski definition) is 8. The Bertz CT molecular complexity index is 576. The first kappa shape index (κ1) is 12.6. The van der Waals surface area contributed by atoms with E-state index in [1.54, 1.807) is 6.33 Å². The molecule has 0 amide bonds. The van der Waals surface area contributed by atoms with Gasteiger partial charge in [0.25, 0.3) is 0 Å². The zero-order valence-corrected chi connectivity index (χ0v) is 10.9. The molecule has 2 unspecified atom stereocenters. The molecule has 8 nitrogen and oxygen atoms in total. The number of imidazole rings is 1. The van der Waals surface area contributed by atoms with Gasteiger partial charge in [0.05, 0.1) is 31.3 Å². The summed E-state index contributed by atoms with van der Waals surface area (Å²) < 4.78 is 12.9. The molecule has 0 aliphatic carbocycles. The highest BCUT2D eigenvalue weighted by molar-refractivity contribution is 7.92. The van der Waals surface area contributed by atoms with Crippen LogP contribution in [-0.4, -0.2) is 32.2 Å². The molecule has 3 rings (SSSR count). The normalized spacial score (nSPS) is 23.2. The average Bonchev–Trinajstić information content (AvgIpc) is 3.02. The lowest BCUT2D eigenvalue weighted by molar-refractivity contribution is -0.0128. The Kier molecular flexibility index (Phi) is 3.51. The van der Waals surface area contributed by atoms with Gasteiger partial charge in [0.2, 0.25) is 0 Å². The van der Waals surface area contributed by atoms with Crippen molar-refractivity contribution < 1.29 is 8.92 Å². The van der Waals surface area contributed by atoms with Crippen LogP contribution >= 0.6 is 12.2 Å². The molecule has 2 atom stereocenters. The van der Waals surface area contributed by atoms with Gasteiger partial charge in [0.1, 0.15) is 18.1 Å². The molecule has 1 saturated heterocycles. The van der Waals surface area contributed by atoms with Crippen molar-refractivity contribution in [3.05, 3.63) is 12.7 Å². The van der Waals surface area contributed by atoms with E-state index in [0.29, 0.717) is 23.6 Å². The summed E-state index contributed by atoms with van der Waals surface area (Å²) in [4.78, 5) is 12.4. The molecule has 0 saturated carbocycles. The summed E-state index contributed by atoms with van der Waals surface area (Å²) >= 11 is 0.855. The first-order valence-electron chi connectivity index (χ1n) is 5.86. The number of fused-ring (bicyclic) bond motifs is 1. The largest absolute Gasteiger partial charge is 0.382 e. The van der Waals surface area contributed by atoms with E-state index < -0.39 is 0 Å². The van der Waals surface area contributed by atoms with E-state index in [4.69, 9.17) is 19.8 Å². The molecule has 0 spiro atoms. The second-order valence-corrected chi connectivity index (χ2v) is 4.68. The number of nitrogens with zero attached hydrogens (tertiary/aromatic N) is 4. The number of rotatable bonds is 4. The van der Waals surface area contributed by atoms with Gasteiger partial charge < -0.3 is 10.5 Å². The third-order valence-electron chi connectivity index (χ3n) is 3.10. The highest BCUT2D eigenvalue weighted by Crippen LogP contribution is 2.31. The Morgan fingerprint density at radius 3 is 3.16 bits per heavy atom. The van der Waals surface area contributed by atoms with Crippen LogP contribution in [0.2, 0.25) is 0 Å². The van der Waals surface area contributed by atoms with E-state index in [1.807, 2.05) is 4.57 Å². The number of anilines is 1. The third kappa shape index (κ3) is 2.37. The monoisotopic (exact) mass is 282 g/mol. The summed E-state index contributed by atoms with van der Waals surface area (Å²) in [5, 5.41) is 5.22. The fraction of sp³-hybridized carbons (Fsp3) is 0.500. The first-order chi connectivity index (χ1) is 9.29. The molecule has 3 heterocycles. The molecule has 0 aromatic carbocycles. The van der Waals surface area contributed by atoms with Crippen molar-refractivity contribution in [1.29, 1.82) is 0 Å². The predicted octanol–water partition coefficient (Wildman–Crippen LogP) is 0.625. The molecular formula is C10H14N6O2S. The van der Waals surface area contributed by atoms with Crippen molar-refractivity contribution in [3.8, 4) is 0 Å². The van der Waals surface area contributed by atoms with Gasteiger partial charge in [0, 0.05) is 0 Å². The second-order valence-electron chi connectivity index (χ2n) is 4.25. The smallest absolute Gasteiger partial charge is 0.167 e. The number of aromatic nitrogens is 4. The Morgan fingerprint density at radius 2 is 2.32 bits per heavy atom. The van der Waals surface area contributed by atoms with E-state index in [0.717, 1.165) is 25.1 Å². The van der Waals surface area contributed by atoms with E-state index in [-0.39, 0.29) is 12.3 Å². The molecule has 2 aromatic rings. The number of hydrogen-bond donors (Lipinski definition) is 2.